The van der Waals surface area contributed by atoms with E-state index in [2.05, 4.69) is 0 Å². The molecule has 0 saturated carbocycles. The Kier molecular flexibility index (Phi) is 1.85. The van der Waals surface area contributed by atoms with Crippen LogP contribution in [0.1, 0.15) is 6.42 Å². The molecule has 0 amide bonds. The van der Waals surface area contributed by atoms with Gasteiger partial charge in [0.25, 0.3) is 0 Å². The first-order valence-corrected chi connectivity index (χ1v) is 5.97. The van der Waals surface area contributed by atoms with Gasteiger partial charge in [-0.3, -0.25) is 9.69 Å². The number of hydrogen-bond donors (Lipinski definition) is 1. The number of carbonyl (C=O) groups is 1. The molecule has 2 aliphatic heterocycles. The van der Waals surface area contributed by atoms with Crippen molar-refractivity contribution >= 4 is 15.8 Å². The van der Waals surface area contributed by atoms with Gasteiger partial charge in [0, 0.05) is 12.6 Å². The van der Waals surface area contributed by atoms with Gasteiger partial charge in [-0.2, -0.15) is 0 Å². The summed E-state index contributed by atoms with van der Waals surface area (Å²) in [5.41, 5.74) is 0. The van der Waals surface area contributed by atoms with Crippen molar-refractivity contribution in [2.75, 3.05) is 18.2 Å². The third-order valence-electron chi connectivity index (χ3n) is 2.69. The van der Waals surface area contributed by atoms with E-state index in [4.69, 9.17) is 5.11 Å². The van der Waals surface area contributed by atoms with Gasteiger partial charge < -0.3 is 5.11 Å². The van der Waals surface area contributed by atoms with E-state index in [0.29, 0.717) is 13.0 Å². The SMILES string of the molecule is O=C(O)[C@H]1C[C@@H]2CS(=O)(=O)CN2C1. The lowest BCUT2D eigenvalue weighted by atomic mass is 10.1. The van der Waals surface area contributed by atoms with Gasteiger partial charge in [0.15, 0.2) is 9.84 Å². The Morgan fingerprint density at radius 3 is 2.69 bits per heavy atom. The van der Waals surface area contributed by atoms with Gasteiger partial charge in [-0.1, -0.05) is 0 Å². The quantitative estimate of drug-likeness (QED) is 0.603. The molecule has 2 fully saturated rings. The Labute approximate surface area is 76.3 Å². The summed E-state index contributed by atoms with van der Waals surface area (Å²) in [7, 11) is -2.92. The second-order valence-electron chi connectivity index (χ2n) is 3.74. The topological polar surface area (TPSA) is 74.7 Å². The van der Waals surface area contributed by atoms with Crippen LogP contribution in [0.3, 0.4) is 0 Å². The standard InChI is InChI=1S/C7H11NO4S/c9-7(10)5-1-6-3-13(11,12)4-8(6)2-5/h5-6H,1-4H2,(H,9,10)/t5-,6+/m0/s1. The molecule has 2 saturated heterocycles. The summed E-state index contributed by atoms with van der Waals surface area (Å²) in [6.07, 6.45) is 0.481. The molecule has 74 valence electrons. The summed E-state index contributed by atoms with van der Waals surface area (Å²) in [5.74, 6) is -1.01. The summed E-state index contributed by atoms with van der Waals surface area (Å²) in [6, 6.07) is -0.0499. The summed E-state index contributed by atoms with van der Waals surface area (Å²) in [4.78, 5) is 12.4. The molecule has 2 aliphatic rings. The Balaban J connectivity index is 2.09. The highest BCUT2D eigenvalue weighted by Gasteiger charge is 2.44. The molecule has 2 heterocycles. The highest BCUT2D eigenvalue weighted by atomic mass is 32.2. The average Bonchev–Trinajstić information content (AvgIpc) is 2.39. The van der Waals surface area contributed by atoms with Gasteiger partial charge in [0.2, 0.25) is 0 Å². The van der Waals surface area contributed by atoms with Crippen LogP contribution in [-0.2, 0) is 14.6 Å². The van der Waals surface area contributed by atoms with Crippen molar-refractivity contribution in [1.82, 2.24) is 4.90 Å². The van der Waals surface area contributed by atoms with Crippen molar-refractivity contribution in [3.8, 4) is 0 Å². The molecule has 6 heteroatoms. The van der Waals surface area contributed by atoms with E-state index in [9.17, 15) is 13.2 Å². The van der Waals surface area contributed by atoms with E-state index in [1.54, 1.807) is 4.90 Å². The zero-order valence-corrected chi connectivity index (χ0v) is 7.83. The normalized spacial score (nSPS) is 37.5. The van der Waals surface area contributed by atoms with Gasteiger partial charge in [-0.05, 0) is 6.42 Å². The number of nitrogens with zero attached hydrogens (tertiary/aromatic N) is 1. The van der Waals surface area contributed by atoms with E-state index < -0.39 is 15.8 Å². The number of carboxylic acids is 1. The predicted octanol–water partition coefficient (Wildman–Crippen LogP) is -0.853. The zero-order chi connectivity index (χ0) is 9.64. The smallest absolute Gasteiger partial charge is 0.307 e. The fraction of sp³-hybridized carbons (Fsp3) is 0.857. The van der Waals surface area contributed by atoms with Crippen LogP contribution >= 0.6 is 0 Å². The van der Waals surface area contributed by atoms with E-state index >= 15 is 0 Å². The van der Waals surface area contributed by atoms with Crippen LogP contribution in [-0.4, -0.2) is 48.6 Å². The molecule has 0 unspecified atom stereocenters. The molecule has 0 radical (unpaired) electrons. The number of sulfone groups is 1. The lowest BCUT2D eigenvalue weighted by Crippen LogP contribution is -2.25. The number of fused-ring (bicyclic) bond motifs is 1. The monoisotopic (exact) mass is 205 g/mol. The van der Waals surface area contributed by atoms with Crippen molar-refractivity contribution < 1.29 is 18.3 Å². The van der Waals surface area contributed by atoms with Crippen LogP contribution in [0.4, 0.5) is 0 Å². The fourth-order valence-corrected chi connectivity index (χ4v) is 3.95. The lowest BCUT2D eigenvalue weighted by Gasteiger charge is -2.09. The molecule has 0 aromatic carbocycles. The molecular weight excluding hydrogens is 194 g/mol. The molecule has 0 bridgehead atoms. The predicted molar refractivity (Wildman–Crippen MR) is 44.9 cm³/mol. The summed E-state index contributed by atoms with van der Waals surface area (Å²) < 4.78 is 22.3. The number of carboxylic acid groups (broad SMARTS) is 1. The van der Waals surface area contributed by atoms with Gasteiger partial charge in [-0.15, -0.1) is 0 Å². The number of hydrogen-bond acceptors (Lipinski definition) is 4. The van der Waals surface area contributed by atoms with Crippen LogP contribution in [0, 0.1) is 5.92 Å². The molecule has 5 nitrogen and oxygen atoms in total. The first-order chi connectivity index (χ1) is 5.98. The Hall–Kier alpha value is -0.620. The van der Waals surface area contributed by atoms with Crippen molar-refractivity contribution in [1.29, 1.82) is 0 Å². The molecular formula is C7H11NO4S. The summed E-state index contributed by atoms with van der Waals surface area (Å²) in [5, 5.41) is 8.72. The molecule has 2 atom stereocenters. The number of rotatable bonds is 1. The molecule has 0 aromatic rings. The molecule has 0 aliphatic carbocycles. The van der Waals surface area contributed by atoms with Crippen LogP contribution in [0.25, 0.3) is 0 Å². The van der Waals surface area contributed by atoms with Crippen molar-refractivity contribution in [3.63, 3.8) is 0 Å². The minimum atomic E-state index is -2.92. The van der Waals surface area contributed by atoms with Gasteiger partial charge in [0.05, 0.1) is 11.7 Å². The Bertz CT molecular complexity index is 316. The first-order valence-electron chi connectivity index (χ1n) is 4.15. The molecule has 2 rings (SSSR count). The molecule has 1 N–H and O–H groups in total. The van der Waals surface area contributed by atoms with Gasteiger partial charge in [0.1, 0.15) is 5.88 Å². The second kappa shape index (κ2) is 2.68. The fourth-order valence-electron chi connectivity index (χ4n) is 2.09. The third-order valence-corrected chi connectivity index (χ3v) is 4.30. The highest BCUT2D eigenvalue weighted by Crippen LogP contribution is 2.29. The van der Waals surface area contributed by atoms with E-state index in [1.807, 2.05) is 0 Å². The summed E-state index contributed by atoms with van der Waals surface area (Å²) >= 11 is 0. The van der Waals surface area contributed by atoms with Crippen LogP contribution in [0.5, 0.6) is 0 Å². The average molecular weight is 205 g/mol. The first kappa shape index (κ1) is 8.96. The van der Waals surface area contributed by atoms with E-state index in [-0.39, 0.29) is 23.6 Å². The zero-order valence-electron chi connectivity index (χ0n) is 7.01. The maximum atomic E-state index is 11.1. The van der Waals surface area contributed by atoms with Crippen LogP contribution in [0.2, 0.25) is 0 Å². The van der Waals surface area contributed by atoms with Crippen molar-refractivity contribution in [2.24, 2.45) is 5.92 Å². The van der Waals surface area contributed by atoms with Crippen molar-refractivity contribution in [2.45, 2.75) is 12.5 Å². The minimum Gasteiger partial charge on any atom is -0.481 e. The maximum absolute atomic E-state index is 11.1. The molecule has 0 aromatic heterocycles. The lowest BCUT2D eigenvalue weighted by molar-refractivity contribution is -0.141. The Morgan fingerprint density at radius 1 is 1.46 bits per heavy atom. The highest BCUT2D eigenvalue weighted by molar-refractivity contribution is 7.91. The summed E-state index contributed by atoms with van der Waals surface area (Å²) in [6.45, 7) is 0.388. The third kappa shape index (κ3) is 1.55. The van der Waals surface area contributed by atoms with Gasteiger partial charge >= 0.3 is 5.97 Å². The van der Waals surface area contributed by atoms with Crippen LogP contribution < -0.4 is 0 Å². The molecule has 0 spiro atoms. The number of aliphatic carboxylic acids is 1. The van der Waals surface area contributed by atoms with E-state index in [0.717, 1.165) is 0 Å². The van der Waals surface area contributed by atoms with Gasteiger partial charge in [-0.25, -0.2) is 8.42 Å². The van der Waals surface area contributed by atoms with E-state index in [1.165, 1.54) is 0 Å². The minimum absolute atomic E-state index is 0.0431. The maximum Gasteiger partial charge on any atom is 0.307 e. The molecule has 13 heavy (non-hydrogen) atoms. The second-order valence-corrected chi connectivity index (χ2v) is 5.81. The van der Waals surface area contributed by atoms with Crippen LogP contribution in [0.15, 0.2) is 0 Å². The van der Waals surface area contributed by atoms with Crippen molar-refractivity contribution in [3.05, 3.63) is 0 Å². The Morgan fingerprint density at radius 2 is 2.15 bits per heavy atom. The largest absolute Gasteiger partial charge is 0.481 e.